The smallest absolute Gasteiger partial charge is 0.408 e. The number of rotatable bonds is 8. The first-order valence-electron chi connectivity index (χ1n) is 11.3. The molecule has 1 aromatic heterocycles. The number of carbonyl (C=O) groups excluding carboxylic acids is 1. The first-order chi connectivity index (χ1) is 16.3. The van der Waals surface area contributed by atoms with Crippen LogP contribution < -0.4 is 10.2 Å². The lowest BCUT2D eigenvalue weighted by atomic mass is 9.61. The van der Waals surface area contributed by atoms with E-state index in [2.05, 4.69) is 25.0 Å². The predicted octanol–water partition coefficient (Wildman–Crippen LogP) is 3.02. The number of hydrogen-bond donors (Lipinski definition) is 1. The van der Waals surface area contributed by atoms with Gasteiger partial charge in [-0.2, -0.15) is 0 Å². The summed E-state index contributed by atoms with van der Waals surface area (Å²) in [6.07, 6.45) is -9.43. The Bertz CT molecular complexity index is 914. The molecule has 1 aliphatic heterocycles. The Morgan fingerprint density at radius 3 is 2.17 bits per heavy atom. The van der Waals surface area contributed by atoms with Crippen LogP contribution in [0, 0.1) is 5.41 Å². The van der Waals surface area contributed by atoms with E-state index in [1.54, 1.807) is 0 Å². The van der Waals surface area contributed by atoms with E-state index in [9.17, 15) is 31.1 Å². The fourth-order valence-corrected chi connectivity index (χ4v) is 5.22. The van der Waals surface area contributed by atoms with Crippen LogP contribution in [0.15, 0.2) is 4.42 Å². The zero-order valence-corrected chi connectivity index (χ0v) is 18.4. The standard InChI is InChI=1S/C20H24F6N4O5/c21-19(22,23)34-13-1-10(2-13)16-28-29-17(33-16)30-8-18(9-30)5-11(6-18)27-15(31)7-32-12-3-14(4-12)35-20(24,25)26/h10-14H,1-9H2,(H,27,31)/t10?,12-,13?,14-. The number of alkyl halides is 6. The summed E-state index contributed by atoms with van der Waals surface area (Å²) in [5.41, 5.74) is 0.0334. The Morgan fingerprint density at radius 2 is 1.57 bits per heavy atom. The van der Waals surface area contributed by atoms with Crippen LogP contribution in [0.1, 0.15) is 50.3 Å². The van der Waals surface area contributed by atoms with Crippen LogP contribution in [0.25, 0.3) is 0 Å². The predicted molar refractivity (Wildman–Crippen MR) is 103 cm³/mol. The van der Waals surface area contributed by atoms with Crippen LogP contribution in [0.2, 0.25) is 0 Å². The highest BCUT2D eigenvalue weighted by atomic mass is 19.4. The molecule has 1 amide bonds. The molecule has 9 nitrogen and oxygen atoms in total. The third-order valence-corrected chi connectivity index (χ3v) is 7.02. The van der Waals surface area contributed by atoms with Gasteiger partial charge in [-0.1, -0.05) is 5.10 Å². The van der Waals surface area contributed by atoms with Crippen molar-refractivity contribution in [3.8, 4) is 0 Å². The largest absolute Gasteiger partial charge is 0.522 e. The number of nitrogens with one attached hydrogen (secondary N) is 1. The Kier molecular flexibility index (Phi) is 6.15. The molecule has 35 heavy (non-hydrogen) atoms. The van der Waals surface area contributed by atoms with Crippen molar-refractivity contribution in [2.45, 2.75) is 81.5 Å². The summed E-state index contributed by atoms with van der Waals surface area (Å²) in [4.78, 5) is 13.9. The number of ether oxygens (including phenoxy) is 3. The number of carbonyl (C=O) groups is 1. The fraction of sp³-hybridized carbons (Fsp3) is 0.850. The van der Waals surface area contributed by atoms with Crippen molar-refractivity contribution in [2.75, 3.05) is 24.6 Å². The summed E-state index contributed by atoms with van der Waals surface area (Å²) in [6.45, 7) is 1.13. The van der Waals surface area contributed by atoms with Crippen LogP contribution in [-0.2, 0) is 19.0 Å². The van der Waals surface area contributed by atoms with Crippen molar-refractivity contribution in [3.63, 3.8) is 0 Å². The van der Waals surface area contributed by atoms with E-state index in [0.29, 0.717) is 25.0 Å². The van der Waals surface area contributed by atoms with E-state index in [1.165, 1.54) is 0 Å². The molecule has 0 unspecified atom stereocenters. The highest BCUT2D eigenvalue weighted by Crippen LogP contribution is 2.50. The van der Waals surface area contributed by atoms with Gasteiger partial charge in [0.2, 0.25) is 11.8 Å². The lowest BCUT2D eigenvalue weighted by Gasteiger charge is -2.58. The fourth-order valence-electron chi connectivity index (χ4n) is 5.22. The second-order valence-corrected chi connectivity index (χ2v) is 9.90. The molecule has 1 N–H and O–H groups in total. The normalized spacial score (nSPS) is 30.3. The number of nitrogens with zero attached hydrogens (tertiary/aromatic N) is 3. The third kappa shape index (κ3) is 5.82. The Morgan fingerprint density at radius 1 is 0.971 bits per heavy atom. The molecule has 3 saturated carbocycles. The molecule has 0 atom stereocenters. The molecule has 1 spiro atoms. The maximum absolute atomic E-state index is 12.2. The molecule has 196 valence electrons. The molecule has 2 heterocycles. The number of halogens is 6. The summed E-state index contributed by atoms with van der Waals surface area (Å²) >= 11 is 0. The molecule has 0 bridgehead atoms. The highest BCUT2D eigenvalue weighted by molar-refractivity contribution is 5.77. The van der Waals surface area contributed by atoms with Gasteiger partial charge >= 0.3 is 18.7 Å². The van der Waals surface area contributed by atoms with Gasteiger partial charge < -0.3 is 19.4 Å². The Hall–Kier alpha value is -2.13. The molecule has 1 aromatic rings. The van der Waals surface area contributed by atoms with Gasteiger partial charge in [0.15, 0.2) is 0 Å². The van der Waals surface area contributed by atoms with Crippen LogP contribution in [0.4, 0.5) is 32.4 Å². The molecule has 4 fully saturated rings. The minimum absolute atomic E-state index is 0.00487. The topological polar surface area (TPSA) is 99.0 Å². The van der Waals surface area contributed by atoms with Crippen molar-refractivity contribution in [1.29, 1.82) is 0 Å². The number of anilines is 1. The highest BCUT2D eigenvalue weighted by Gasteiger charge is 2.54. The monoisotopic (exact) mass is 514 g/mol. The summed E-state index contributed by atoms with van der Waals surface area (Å²) < 4.78 is 91.8. The van der Waals surface area contributed by atoms with Crippen LogP contribution in [0.5, 0.6) is 0 Å². The third-order valence-electron chi connectivity index (χ3n) is 7.02. The summed E-state index contributed by atoms with van der Waals surface area (Å²) in [5.74, 6) is -0.243. The van der Waals surface area contributed by atoms with E-state index < -0.39 is 31.0 Å². The second kappa shape index (κ2) is 8.76. The van der Waals surface area contributed by atoms with Crippen molar-refractivity contribution in [1.82, 2.24) is 15.5 Å². The number of aromatic nitrogens is 2. The van der Waals surface area contributed by atoms with Crippen molar-refractivity contribution < 1.29 is 49.8 Å². The van der Waals surface area contributed by atoms with Gasteiger partial charge in [0.1, 0.15) is 6.61 Å². The van der Waals surface area contributed by atoms with E-state index in [1.807, 2.05) is 4.90 Å². The van der Waals surface area contributed by atoms with E-state index >= 15 is 0 Å². The maximum atomic E-state index is 12.2. The van der Waals surface area contributed by atoms with Gasteiger partial charge in [-0.15, -0.1) is 31.4 Å². The molecule has 1 saturated heterocycles. The van der Waals surface area contributed by atoms with Gasteiger partial charge in [-0.05, 0) is 25.7 Å². The molecule has 3 aliphatic carbocycles. The van der Waals surface area contributed by atoms with Gasteiger partial charge in [0.25, 0.3) is 0 Å². The Balaban J connectivity index is 0.955. The minimum atomic E-state index is -4.66. The van der Waals surface area contributed by atoms with Gasteiger partial charge in [0, 0.05) is 43.3 Å². The quantitative estimate of drug-likeness (QED) is 0.529. The zero-order valence-electron chi connectivity index (χ0n) is 18.4. The molecule has 0 radical (unpaired) electrons. The van der Waals surface area contributed by atoms with Crippen LogP contribution >= 0.6 is 0 Å². The van der Waals surface area contributed by atoms with Gasteiger partial charge in [0.05, 0.1) is 18.3 Å². The van der Waals surface area contributed by atoms with Crippen molar-refractivity contribution >= 4 is 11.9 Å². The van der Waals surface area contributed by atoms with E-state index in [0.717, 1.165) is 12.8 Å². The van der Waals surface area contributed by atoms with Crippen molar-refractivity contribution in [3.05, 3.63) is 5.89 Å². The average Bonchev–Trinajstić information content (AvgIpc) is 3.07. The molecule has 4 aliphatic rings. The minimum Gasteiger partial charge on any atom is -0.408 e. The van der Waals surface area contributed by atoms with Gasteiger partial charge in [-0.25, -0.2) is 0 Å². The summed E-state index contributed by atoms with van der Waals surface area (Å²) in [6, 6.07) is 0.328. The van der Waals surface area contributed by atoms with Crippen LogP contribution in [-0.4, -0.2) is 72.9 Å². The summed E-state index contributed by atoms with van der Waals surface area (Å²) in [7, 11) is 0. The first kappa shape index (κ1) is 24.6. The number of amides is 1. The van der Waals surface area contributed by atoms with E-state index in [-0.39, 0.29) is 55.6 Å². The molecular weight excluding hydrogens is 490 g/mol. The van der Waals surface area contributed by atoms with Gasteiger partial charge in [-0.3, -0.25) is 14.3 Å². The molecular formula is C20H24F6N4O5. The average molecular weight is 514 g/mol. The lowest BCUT2D eigenvalue weighted by molar-refractivity contribution is -0.357. The molecule has 5 rings (SSSR count). The second-order valence-electron chi connectivity index (χ2n) is 9.90. The summed E-state index contributed by atoms with van der Waals surface area (Å²) in [5, 5.41) is 10.8. The van der Waals surface area contributed by atoms with Crippen molar-refractivity contribution in [2.24, 2.45) is 5.41 Å². The maximum Gasteiger partial charge on any atom is 0.522 e. The molecule has 0 aromatic carbocycles. The first-order valence-corrected chi connectivity index (χ1v) is 11.3. The lowest BCUT2D eigenvalue weighted by Crippen LogP contribution is -2.67. The molecule has 15 heteroatoms. The Labute approximate surface area is 195 Å². The van der Waals surface area contributed by atoms with E-state index in [4.69, 9.17) is 9.15 Å². The SMILES string of the molecule is O=C(CO[C@H]1C[C@H](OC(F)(F)F)C1)NC1CC2(C1)CN(c1nnc(C3CC(OC(F)(F)F)C3)o1)C2. The van der Waals surface area contributed by atoms with Crippen LogP contribution in [0.3, 0.4) is 0 Å². The number of hydrogen-bond acceptors (Lipinski definition) is 8. The zero-order chi connectivity index (χ0) is 25.0.